The normalized spacial score (nSPS) is 33.6. The van der Waals surface area contributed by atoms with E-state index in [-0.39, 0.29) is 29.8 Å². The van der Waals surface area contributed by atoms with Crippen molar-refractivity contribution in [1.29, 1.82) is 0 Å². The lowest BCUT2D eigenvalue weighted by molar-refractivity contribution is -0.151. The average Bonchev–Trinajstić information content (AvgIpc) is 3.62. The first-order chi connectivity index (χ1) is 23.4. The van der Waals surface area contributed by atoms with Gasteiger partial charge in [-0.15, -0.1) is 0 Å². The molecule has 1 unspecified atom stereocenters. The van der Waals surface area contributed by atoms with E-state index in [1.165, 1.54) is 75.7 Å². The van der Waals surface area contributed by atoms with Gasteiger partial charge in [-0.25, -0.2) is 0 Å². The van der Waals surface area contributed by atoms with E-state index >= 15 is 0 Å². The van der Waals surface area contributed by atoms with Crippen molar-refractivity contribution < 1.29 is 14.3 Å². The number of carbonyl (C=O) groups is 1. The second-order valence-electron chi connectivity index (χ2n) is 15.6. The highest BCUT2D eigenvalue weighted by Crippen LogP contribution is 2.53. The van der Waals surface area contributed by atoms with Gasteiger partial charge in [-0.3, -0.25) is 14.6 Å². The molecule has 0 radical (unpaired) electrons. The molecule has 252 valence electrons. The first-order valence-corrected chi connectivity index (χ1v) is 18.4. The average molecular weight is 647 g/mol. The Kier molecular flexibility index (Phi) is 7.32. The third-order valence-corrected chi connectivity index (χ3v) is 13.5. The summed E-state index contributed by atoms with van der Waals surface area (Å²) in [7, 11) is 5.54. The van der Waals surface area contributed by atoms with Crippen LogP contribution in [0.4, 0.5) is 0 Å². The molecular formula is C41H50N4O3. The largest absolute Gasteiger partial charge is 0.496 e. The monoisotopic (exact) mass is 646 g/mol. The van der Waals surface area contributed by atoms with Crippen LogP contribution in [0.5, 0.6) is 5.75 Å². The van der Waals surface area contributed by atoms with Crippen molar-refractivity contribution >= 4 is 27.8 Å². The van der Waals surface area contributed by atoms with Gasteiger partial charge in [0.15, 0.2) is 0 Å². The van der Waals surface area contributed by atoms with Gasteiger partial charge in [-0.05, 0) is 93.2 Å². The van der Waals surface area contributed by atoms with E-state index in [1.54, 1.807) is 7.11 Å². The summed E-state index contributed by atoms with van der Waals surface area (Å²) in [4.78, 5) is 26.9. The number of benzene rings is 2. The number of para-hydroxylation sites is 1. The Hall–Kier alpha value is -3.55. The van der Waals surface area contributed by atoms with Crippen molar-refractivity contribution in [3.63, 3.8) is 0 Å². The first-order valence-electron chi connectivity index (χ1n) is 18.4. The predicted molar refractivity (Wildman–Crippen MR) is 191 cm³/mol. The summed E-state index contributed by atoms with van der Waals surface area (Å²) in [6, 6.07) is 14.1. The lowest BCUT2D eigenvalue weighted by Gasteiger charge is -2.53. The number of rotatable bonds is 4. The zero-order valence-electron chi connectivity index (χ0n) is 29.1. The van der Waals surface area contributed by atoms with Crippen molar-refractivity contribution in [2.45, 2.75) is 76.3 Å². The summed E-state index contributed by atoms with van der Waals surface area (Å²) in [6.45, 7) is 7.81. The zero-order valence-corrected chi connectivity index (χ0v) is 29.1. The topological polar surface area (TPSA) is 73.6 Å². The zero-order chi connectivity index (χ0) is 32.8. The Balaban J connectivity index is 1.23. The number of hydrogen-bond acceptors (Lipinski definition) is 5. The summed E-state index contributed by atoms with van der Waals surface area (Å²) >= 11 is 0. The number of nitrogens with one attached hydrogen (secondary N) is 2. The number of allylic oxidation sites excluding steroid dienone is 1. The van der Waals surface area contributed by atoms with Gasteiger partial charge >= 0.3 is 5.97 Å². The Bertz CT molecular complexity index is 1940. The van der Waals surface area contributed by atoms with Crippen LogP contribution in [0, 0.1) is 23.7 Å². The molecular weight excluding hydrogens is 596 g/mol. The minimum Gasteiger partial charge on any atom is -0.496 e. The smallest absolute Gasteiger partial charge is 0.310 e. The molecule has 4 fully saturated rings. The van der Waals surface area contributed by atoms with Crippen molar-refractivity contribution in [3.05, 3.63) is 76.1 Å². The number of hydrogen-bond donors (Lipinski definition) is 2. The summed E-state index contributed by atoms with van der Waals surface area (Å²) in [5, 5.41) is 2.57. The molecule has 6 bridgehead atoms. The maximum atomic E-state index is 13.7. The molecule has 7 nitrogen and oxygen atoms in total. The second-order valence-corrected chi connectivity index (χ2v) is 15.6. The molecule has 7 heteroatoms. The number of likely N-dealkylation sites (N-methyl/N-ethyl adjacent to an activating group) is 1. The molecule has 2 aromatic heterocycles. The summed E-state index contributed by atoms with van der Waals surface area (Å²) in [5.74, 6) is 2.89. The molecule has 6 aliphatic rings. The standard InChI is InChI=1S/C41H50N4O3/c1-6-23-14-22-15-32-38-26(12-13-45(20-22)40(23)32)28-19-36(47-4)29(17-34(28)43-38)30-16-27-24(7-2)21-44(3)35(37(27)41(46)48-5)18-31-25-10-8-9-11-33(25)42-39(30)31/h7-11,17,19,22-23,27,30,32,35,37,40,42-43H,6,12-16,18,20-21H2,1-5H3/t22-,23-,27+,30+,32-,35-,37-,40-/m0/s1. The van der Waals surface area contributed by atoms with Gasteiger partial charge in [0.1, 0.15) is 5.75 Å². The first kappa shape index (κ1) is 30.5. The fourth-order valence-corrected chi connectivity index (χ4v) is 11.4. The number of methoxy groups -OCH3 is 2. The highest BCUT2D eigenvalue weighted by Gasteiger charge is 2.50. The molecule has 1 saturated carbocycles. The van der Waals surface area contributed by atoms with Crippen LogP contribution in [-0.4, -0.2) is 78.7 Å². The van der Waals surface area contributed by atoms with Crippen LogP contribution in [0.2, 0.25) is 0 Å². The predicted octanol–water partition coefficient (Wildman–Crippen LogP) is 7.16. The second kappa shape index (κ2) is 11.5. The molecule has 0 spiro atoms. The molecule has 4 aliphatic heterocycles. The SMILES string of the molecule is CC=C1CN(C)[C@H]2Cc3c([nH]c4ccccc34)[C@@H](c3cc4[nH]c5c(c4cc3OC)CCN3C[C@H]4C[C@H](CC)[C@H]3[C@H]5C4)C[C@H]1[C@@H]2C(=O)OC. The fourth-order valence-electron chi connectivity index (χ4n) is 11.4. The third kappa shape index (κ3) is 4.42. The van der Waals surface area contributed by atoms with Crippen LogP contribution in [0.15, 0.2) is 48.0 Å². The van der Waals surface area contributed by atoms with Gasteiger partial charge in [0, 0.05) is 82.3 Å². The van der Waals surface area contributed by atoms with Gasteiger partial charge in [0.2, 0.25) is 0 Å². The Labute approximate surface area is 284 Å². The molecule has 2 aliphatic carbocycles. The van der Waals surface area contributed by atoms with E-state index in [4.69, 9.17) is 9.47 Å². The van der Waals surface area contributed by atoms with Crippen LogP contribution in [-0.2, 0) is 22.4 Å². The molecule has 3 saturated heterocycles. The van der Waals surface area contributed by atoms with Crippen molar-refractivity contribution in [2.24, 2.45) is 23.7 Å². The van der Waals surface area contributed by atoms with Crippen LogP contribution in [0.3, 0.4) is 0 Å². The molecule has 2 N–H and O–H groups in total. The minimum atomic E-state index is -0.239. The summed E-state index contributed by atoms with van der Waals surface area (Å²) in [5.41, 5.74) is 10.5. The van der Waals surface area contributed by atoms with Crippen LogP contribution >= 0.6 is 0 Å². The quantitative estimate of drug-likeness (QED) is 0.182. The van der Waals surface area contributed by atoms with Crippen LogP contribution in [0.1, 0.15) is 79.4 Å². The number of likely N-dealkylation sites (tertiary alicyclic amines) is 1. The number of fused-ring (bicyclic) bond motifs is 9. The molecule has 48 heavy (non-hydrogen) atoms. The Morgan fingerprint density at radius 1 is 1.00 bits per heavy atom. The van der Waals surface area contributed by atoms with E-state index in [0.717, 1.165) is 55.5 Å². The maximum absolute atomic E-state index is 13.7. The minimum absolute atomic E-state index is 0.0250. The number of carbonyl (C=O) groups excluding carboxylic acids is 1. The summed E-state index contributed by atoms with van der Waals surface area (Å²) in [6.07, 6.45) is 8.91. The van der Waals surface area contributed by atoms with Gasteiger partial charge in [-0.1, -0.05) is 43.2 Å². The van der Waals surface area contributed by atoms with Crippen molar-refractivity contribution in [1.82, 2.24) is 19.8 Å². The summed E-state index contributed by atoms with van der Waals surface area (Å²) < 4.78 is 11.9. The number of esters is 1. The molecule has 9 atom stereocenters. The van der Waals surface area contributed by atoms with Gasteiger partial charge in [0.25, 0.3) is 0 Å². The van der Waals surface area contributed by atoms with Gasteiger partial charge in [0.05, 0.1) is 20.1 Å². The third-order valence-electron chi connectivity index (χ3n) is 13.5. The van der Waals surface area contributed by atoms with E-state index in [9.17, 15) is 4.79 Å². The van der Waals surface area contributed by atoms with E-state index < -0.39 is 0 Å². The Morgan fingerprint density at radius 2 is 1.83 bits per heavy atom. The van der Waals surface area contributed by atoms with Gasteiger partial charge < -0.3 is 19.4 Å². The number of nitrogens with zero attached hydrogens (tertiary/aromatic N) is 2. The van der Waals surface area contributed by atoms with Crippen LogP contribution < -0.4 is 4.74 Å². The Morgan fingerprint density at radius 3 is 2.62 bits per heavy atom. The highest BCUT2D eigenvalue weighted by molar-refractivity contribution is 5.89. The number of ether oxygens (including phenoxy) is 2. The van der Waals surface area contributed by atoms with E-state index in [2.05, 4.69) is 83.1 Å². The molecule has 4 aromatic rings. The lowest BCUT2D eigenvalue weighted by atomic mass is 9.65. The number of aromatic amines is 2. The fraction of sp³-hybridized carbons (Fsp3) is 0.537. The molecule has 0 amide bonds. The van der Waals surface area contributed by atoms with Gasteiger partial charge in [-0.2, -0.15) is 0 Å². The molecule has 2 aromatic carbocycles. The molecule has 6 heterocycles. The van der Waals surface area contributed by atoms with Crippen LogP contribution in [0.25, 0.3) is 21.8 Å². The van der Waals surface area contributed by atoms with Crippen molar-refractivity contribution in [2.75, 3.05) is 40.9 Å². The number of H-pyrrole nitrogens is 2. The van der Waals surface area contributed by atoms with Crippen molar-refractivity contribution in [3.8, 4) is 5.75 Å². The number of piperidine rings is 3. The van der Waals surface area contributed by atoms with E-state index in [1.807, 2.05) is 7.11 Å². The molecule has 10 rings (SSSR count). The number of aromatic nitrogens is 2. The maximum Gasteiger partial charge on any atom is 0.310 e. The van der Waals surface area contributed by atoms with E-state index in [0.29, 0.717) is 12.0 Å². The lowest BCUT2D eigenvalue weighted by Crippen LogP contribution is -2.56. The highest BCUT2D eigenvalue weighted by atomic mass is 16.5.